The quantitative estimate of drug-likeness (QED) is 0.929. The summed E-state index contributed by atoms with van der Waals surface area (Å²) in [6, 6.07) is 12.2. The second-order valence-corrected chi connectivity index (χ2v) is 6.74. The van der Waals surface area contributed by atoms with Crippen LogP contribution in [0.5, 0.6) is 0 Å². The van der Waals surface area contributed by atoms with E-state index in [1.165, 1.54) is 11.1 Å². The SMILES string of the molecule is Cc1ccc(CNc2ccnc(C(=O)N3CCC(C)CC3)c2)cc1. The van der Waals surface area contributed by atoms with Crippen LogP contribution in [-0.2, 0) is 6.54 Å². The van der Waals surface area contributed by atoms with Crippen molar-refractivity contribution < 1.29 is 4.79 Å². The fraction of sp³-hybridized carbons (Fsp3) is 0.400. The monoisotopic (exact) mass is 323 g/mol. The highest BCUT2D eigenvalue weighted by Crippen LogP contribution is 2.19. The van der Waals surface area contributed by atoms with Gasteiger partial charge in [0.1, 0.15) is 5.69 Å². The fourth-order valence-corrected chi connectivity index (χ4v) is 2.94. The Bertz CT molecular complexity index is 688. The third-order valence-corrected chi connectivity index (χ3v) is 4.67. The molecule has 126 valence electrons. The molecule has 0 radical (unpaired) electrons. The maximum Gasteiger partial charge on any atom is 0.272 e. The van der Waals surface area contributed by atoms with Crippen LogP contribution in [0.4, 0.5) is 5.69 Å². The van der Waals surface area contributed by atoms with Crippen molar-refractivity contribution in [3.63, 3.8) is 0 Å². The van der Waals surface area contributed by atoms with Gasteiger partial charge in [-0.05, 0) is 43.4 Å². The first-order valence-corrected chi connectivity index (χ1v) is 8.66. The van der Waals surface area contributed by atoms with E-state index < -0.39 is 0 Å². The van der Waals surface area contributed by atoms with Crippen molar-refractivity contribution in [2.45, 2.75) is 33.2 Å². The minimum atomic E-state index is 0.0425. The van der Waals surface area contributed by atoms with Gasteiger partial charge in [0, 0.05) is 31.5 Å². The Morgan fingerprint density at radius 3 is 2.62 bits per heavy atom. The Labute approximate surface area is 143 Å². The lowest BCUT2D eigenvalue weighted by Gasteiger charge is -2.30. The van der Waals surface area contributed by atoms with Crippen LogP contribution in [-0.4, -0.2) is 28.9 Å². The zero-order valence-corrected chi connectivity index (χ0v) is 14.5. The Morgan fingerprint density at radius 1 is 1.21 bits per heavy atom. The molecule has 2 aromatic rings. The van der Waals surface area contributed by atoms with Crippen molar-refractivity contribution in [3.8, 4) is 0 Å². The molecule has 0 bridgehead atoms. The molecule has 3 rings (SSSR count). The molecule has 1 fully saturated rings. The third-order valence-electron chi connectivity index (χ3n) is 4.67. The number of aryl methyl sites for hydroxylation is 1. The second-order valence-electron chi connectivity index (χ2n) is 6.74. The van der Waals surface area contributed by atoms with Crippen LogP contribution in [0, 0.1) is 12.8 Å². The highest BCUT2D eigenvalue weighted by atomic mass is 16.2. The molecule has 0 spiro atoms. The van der Waals surface area contributed by atoms with E-state index in [0.717, 1.165) is 38.2 Å². The number of amides is 1. The first-order valence-electron chi connectivity index (χ1n) is 8.66. The largest absolute Gasteiger partial charge is 0.381 e. The average molecular weight is 323 g/mol. The Kier molecular flexibility index (Phi) is 5.14. The maximum absolute atomic E-state index is 12.6. The molecule has 1 saturated heterocycles. The summed E-state index contributed by atoms with van der Waals surface area (Å²) in [6.07, 6.45) is 3.87. The van der Waals surface area contributed by atoms with Crippen molar-refractivity contribution in [2.75, 3.05) is 18.4 Å². The molecular formula is C20H25N3O. The summed E-state index contributed by atoms with van der Waals surface area (Å²) >= 11 is 0. The standard InChI is InChI=1S/C20H25N3O/c1-15-3-5-17(6-4-15)14-22-18-7-10-21-19(13-18)20(24)23-11-8-16(2)9-12-23/h3-7,10,13,16H,8-9,11-12,14H2,1-2H3,(H,21,22). The topological polar surface area (TPSA) is 45.2 Å². The van der Waals surface area contributed by atoms with Crippen molar-refractivity contribution in [2.24, 2.45) is 5.92 Å². The molecular weight excluding hydrogens is 298 g/mol. The summed E-state index contributed by atoms with van der Waals surface area (Å²) in [5, 5.41) is 3.37. The van der Waals surface area contributed by atoms with Crippen LogP contribution >= 0.6 is 0 Å². The zero-order chi connectivity index (χ0) is 16.9. The summed E-state index contributed by atoms with van der Waals surface area (Å²) in [5.74, 6) is 0.755. The first-order chi connectivity index (χ1) is 11.6. The number of hydrogen-bond acceptors (Lipinski definition) is 3. The van der Waals surface area contributed by atoms with E-state index in [9.17, 15) is 4.79 Å². The van der Waals surface area contributed by atoms with Gasteiger partial charge in [-0.3, -0.25) is 9.78 Å². The van der Waals surface area contributed by atoms with Crippen LogP contribution in [0.15, 0.2) is 42.6 Å². The molecule has 0 unspecified atom stereocenters. The lowest BCUT2D eigenvalue weighted by molar-refractivity contribution is 0.0691. The highest BCUT2D eigenvalue weighted by Gasteiger charge is 2.22. The molecule has 24 heavy (non-hydrogen) atoms. The number of hydrogen-bond donors (Lipinski definition) is 1. The smallest absolute Gasteiger partial charge is 0.272 e. The van der Waals surface area contributed by atoms with Crippen LogP contribution in [0.2, 0.25) is 0 Å². The number of aromatic nitrogens is 1. The molecule has 0 aliphatic carbocycles. The van der Waals surface area contributed by atoms with Crippen LogP contribution in [0.25, 0.3) is 0 Å². The first kappa shape index (κ1) is 16.5. The van der Waals surface area contributed by atoms with Gasteiger partial charge in [0.15, 0.2) is 0 Å². The molecule has 1 aliphatic rings. The van der Waals surface area contributed by atoms with E-state index in [2.05, 4.69) is 48.4 Å². The predicted molar refractivity (Wildman–Crippen MR) is 97.0 cm³/mol. The number of nitrogens with zero attached hydrogens (tertiary/aromatic N) is 2. The lowest BCUT2D eigenvalue weighted by Crippen LogP contribution is -2.38. The van der Waals surface area contributed by atoms with E-state index in [-0.39, 0.29) is 5.91 Å². The van der Waals surface area contributed by atoms with Crippen molar-refractivity contribution >= 4 is 11.6 Å². The molecule has 4 heteroatoms. The predicted octanol–water partition coefficient (Wildman–Crippen LogP) is 3.87. The van der Waals surface area contributed by atoms with Gasteiger partial charge in [-0.2, -0.15) is 0 Å². The normalized spacial score (nSPS) is 15.3. The summed E-state index contributed by atoms with van der Waals surface area (Å²) in [7, 11) is 0. The molecule has 1 N–H and O–H groups in total. The maximum atomic E-state index is 12.6. The molecule has 2 heterocycles. The third kappa shape index (κ3) is 4.13. The van der Waals surface area contributed by atoms with Gasteiger partial charge < -0.3 is 10.2 Å². The average Bonchev–Trinajstić information content (AvgIpc) is 2.61. The van der Waals surface area contributed by atoms with Crippen molar-refractivity contribution in [1.82, 2.24) is 9.88 Å². The zero-order valence-electron chi connectivity index (χ0n) is 14.5. The van der Waals surface area contributed by atoms with Gasteiger partial charge in [-0.25, -0.2) is 0 Å². The van der Waals surface area contributed by atoms with Gasteiger partial charge in [0.2, 0.25) is 0 Å². The molecule has 4 nitrogen and oxygen atoms in total. The van der Waals surface area contributed by atoms with Crippen LogP contribution in [0.3, 0.4) is 0 Å². The van der Waals surface area contributed by atoms with Gasteiger partial charge in [0.05, 0.1) is 0 Å². The summed E-state index contributed by atoms with van der Waals surface area (Å²) in [5.41, 5.74) is 3.93. The Hall–Kier alpha value is -2.36. The minimum absolute atomic E-state index is 0.0425. The Morgan fingerprint density at radius 2 is 1.92 bits per heavy atom. The van der Waals surface area contributed by atoms with Gasteiger partial charge >= 0.3 is 0 Å². The van der Waals surface area contributed by atoms with Crippen LogP contribution < -0.4 is 5.32 Å². The molecule has 1 aliphatic heterocycles. The Balaban J connectivity index is 1.63. The number of likely N-dealkylation sites (tertiary alicyclic amines) is 1. The number of carbonyl (C=O) groups is 1. The van der Waals surface area contributed by atoms with Crippen LogP contribution in [0.1, 0.15) is 41.4 Å². The number of anilines is 1. The van der Waals surface area contributed by atoms with Crippen molar-refractivity contribution in [3.05, 3.63) is 59.4 Å². The number of benzene rings is 1. The summed E-state index contributed by atoms with van der Waals surface area (Å²) < 4.78 is 0. The van der Waals surface area contributed by atoms with E-state index >= 15 is 0 Å². The van der Waals surface area contributed by atoms with Crippen molar-refractivity contribution in [1.29, 1.82) is 0 Å². The van der Waals surface area contributed by atoms with E-state index in [4.69, 9.17) is 0 Å². The molecule has 0 atom stereocenters. The van der Waals surface area contributed by atoms with E-state index in [0.29, 0.717) is 11.6 Å². The van der Waals surface area contributed by atoms with E-state index in [1.807, 2.05) is 17.0 Å². The summed E-state index contributed by atoms with van der Waals surface area (Å²) in [4.78, 5) is 18.8. The number of nitrogens with one attached hydrogen (secondary N) is 1. The van der Waals surface area contributed by atoms with Gasteiger partial charge in [-0.1, -0.05) is 36.8 Å². The number of rotatable bonds is 4. The molecule has 1 amide bonds. The molecule has 1 aromatic carbocycles. The molecule has 1 aromatic heterocycles. The number of pyridine rings is 1. The number of piperidine rings is 1. The number of carbonyl (C=O) groups excluding carboxylic acids is 1. The second kappa shape index (κ2) is 7.47. The summed E-state index contributed by atoms with van der Waals surface area (Å²) in [6.45, 7) is 6.74. The van der Waals surface area contributed by atoms with E-state index in [1.54, 1.807) is 6.20 Å². The highest BCUT2D eigenvalue weighted by molar-refractivity contribution is 5.93. The van der Waals surface area contributed by atoms with Gasteiger partial charge in [-0.15, -0.1) is 0 Å². The minimum Gasteiger partial charge on any atom is -0.381 e. The fourth-order valence-electron chi connectivity index (χ4n) is 2.94. The van der Waals surface area contributed by atoms with Gasteiger partial charge in [0.25, 0.3) is 5.91 Å². The molecule has 0 saturated carbocycles. The lowest BCUT2D eigenvalue weighted by atomic mass is 9.99.